The van der Waals surface area contributed by atoms with Gasteiger partial charge in [-0.2, -0.15) is 10.2 Å². The van der Waals surface area contributed by atoms with Gasteiger partial charge in [0.1, 0.15) is 11.4 Å². The number of nitrogens with zero attached hydrogens (tertiary/aromatic N) is 5. The molecular weight excluding hydrogens is 380 g/mol. The van der Waals surface area contributed by atoms with E-state index in [2.05, 4.69) is 31.4 Å². The third-order valence-electron chi connectivity index (χ3n) is 5.75. The van der Waals surface area contributed by atoms with Crippen LogP contribution in [-0.4, -0.2) is 64.5 Å². The maximum absolute atomic E-state index is 12.9. The summed E-state index contributed by atoms with van der Waals surface area (Å²) in [5.41, 5.74) is 3.13. The molecule has 154 valence electrons. The topological polar surface area (TPSA) is 87.2 Å². The lowest BCUT2D eigenvalue weighted by Crippen LogP contribution is -2.49. The molecule has 5 rings (SSSR count). The molecule has 1 aromatic carbocycles. The first-order valence-electron chi connectivity index (χ1n) is 10.3. The fourth-order valence-corrected chi connectivity index (χ4v) is 3.84. The zero-order valence-electron chi connectivity index (χ0n) is 16.9. The van der Waals surface area contributed by atoms with Crippen LogP contribution in [0.2, 0.25) is 0 Å². The Morgan fingerprint density at radius 2 is 1.87 bits per heavy atom. The van der Waals surface area contributed by atoms with Gasteiger partial charge in [0.15, 0.2) is 5.82 Å². The van der Waals surface area contributed by atoms with Crippen LogP contribution in [0.25, 0.3) is 11.3 Å². The second-order valence-corrected chi connectivity index (χ2v) is 7.74. The fourth-order valence-electron chi connectivity index (χ4n) is 3.84. The van der Waals surface area contributed by atoms with Gasteiger partial charge in [-0.05, 0) is 43.2 Å². The molecule has 1 saturated heterocycles. The summed E-state index contributed by atoms with van der Waals surface area (Å²) in [5, 5.41) is 16.0. The summed E-state index contributed by atoms with van der Waals surface area (Å²) in [7, 11) is 1.63. The molecule has 1 aliphatic heterocycles. The predicted molar refractivity (Wildman–Crippen MR) is 113 cm³/mol. The Balaban J connectivity index is 1.23. The molecule has 1 amide bonds. The number of anilines is 1. The Morgan fingerprint density at radius 3 is 2.57 bits per heavy atom. The summed E-state index contributed by atoms with van der Waals surface area (Å²) in [6.07, 6.45) is 2.45. The molecule has 1 saturated carbocycles. The average Bonchev–Trinajstić information content (AvgIpc) is 3.55. The van der Waals surface area contributed by atoms with Crippen molar-refractivity contribution in [3.8, 4) is 17.0 Å². The predicted octanol–water partition coefficient (Wildman–Crippen LogP) is 2.72. The third kappa shape index (κ3) is 3.60. The normalized spacial score (nSPS) is 16.6. The zero-order chi connectivity index (χ0) is 20.5. The third-order valence-corrected chi connectivity index (χ3v) is 5.75. The van der Waals surface area contributed by atoms with Crippen LogP contribution in [0.15, 0.2) is 42.5 Å². The number of aromatic amines is 1. The van der Waals surface area contributed by atoms with Crippen LogP contribution >= 0.6 is 0 Å². The summed E-state index contributed by atoms with van der Waals surface area (Å²) in [6.45, 7) is 2.73. The van der Waals surface area contributed by atoms with Crippen molar-refractivity contribution in [2.75, 3.05) is 38.2 Å². The van der Waals surface area contributed by atoms with Crippen molar-refractivity contribution in [1.29, 1.82) is 0 Å². The van der Waals surface area contributed by atoms with Gasteiger partial charge in [0.25, 0.3) is 5.91 Å². The van der Waals surface area contributed by atoms with Crippen molar-refractivity contribution in [2.45, 2.75) is 18.8 Å². The lowest BCUT2D eigenvalue weighted by molar-refractivity contribution is 0.0740. The number of benzene rings is 1. The zero-order valence-corrected chi connectivity index (χ0v) is 16.9. The molecule has 2 fully saturated rings. The summed E-state index contributed by atoms with van der Waals surface area (Å²) < 4.78 is 5.40. The van der Waals surface area contributed by atoms with Crippen LogP contribution < -0.4 is 9.64 Å². The first-order valence-corrected chi connectivity index (χ1v) is 10.3. The Labute approximate surface area is 174 Å². The number of rotatable bonds is 5. The van der Waals surface area contributed by atoms with Gasteiger partial charge in [-0.1, -0.05) is 12.1 Å². The van der Waals surface area contributed by atoms with E-state index < -0.39 is 0 Å². The van der Waals surface area contributed by atoms with Crippen molar-refractivity contribution in [3.05, 3.63) is 53.9 Å². The van der Waals surface area contributed by atoms with Crippen molar-refractivity contribution in [3.63, 3.8) is 0 Å². The summed E-state index contributed by atoms with van der Waals surface area (Å²) in [6, 6.07) is 13.6. The van der Waals surface area contributed by atoms with Gasteiger partial charge < -0.3 is 14.5 Å². The minimum absolute atomic E-state index is 0.0431. The van der Waals surface area contributed by atoms with E-state index in [0.717, 1.165) is 35.9 Å². The molecule has 0 atom stereocenters. The first kappa shape index (κ1) is 18.6. The second kappa shape index (κ2) is 7.78. The molecule has 1 aliphatic carbocycles. The molecule has 8 heteroatoms. The van der Waals surface area contributed by atoms with Gasteiger partial charge in [0, 0.05) is 37.7 Å². The molecule has 2 aliphatic rings. The number of ether oxygens (including phenoxy) is 1. The number of amides is 1. The van der Waals surface area contributed by atoms with E-state index in [-0.39, 0.29) is 5.91 Å². The van der Waals surface area contributed by atoms with E-state index in [0.29, 0.717) is 30.4 Å². The highest BCUT2D eigenvalue weighted by Gasteiger charge is 2.27. The molecule has 8 nitrogen and oxygen atoms in total. The Bertz CT molecular complexity index is 1040. The van der Waals surface area contributed by atoms with Crippen molar-refractivity contribution in [2.24, 2.45) is 0 Å². The molecule has 2 aromatic heterocycles. The van der Waals surface area contributed by atoms with Gasteiger partial charge in [-0.25, -0.2) is 0 Å². The van der Waals surface area contributed by atoms with Gasteiger partial charge in [-0.15, -0.1) is 5.10 Å². The van der Waals surface area contributed by atoms with Crippen LogP contribution in [-0.2, 0) is 0 Å². The summed E-state index contributed by atoms with van der Waals surface area (Å²) in [5.74, 6) is 2.17. The van der Waals surface area contributed by atoms with Crippen LogP contribution in [0, 0.1) is 0 Å². The number of H-pyrrole nitrogens is 1. The summed E-state index contributed by atoms with van der Waals surface area (Å²) in [4.78, 5) is 17.0. The van der Waals surface area contributed by atoms with E-state index in [4.69, 9.17) is 4.74 Å². The lowest BCUT2D eigenvalue weighted by atomic mass is 10.1. The largest absolute Gasteiger partial charge is 0.496 e. The van der Waals surface area contributed by atoms with E-state index >= 15 is 0 Å². The highest BCUT2D eigenvalue weighted by Crippen LogP contribution is 2.38. The van der Waals surface area contributed by atoms with Gasteiger partial charge >= 0.3 is 0 Å². The van der Waals surface area contributed by atoms with Crippen LogP contribution in [0.5, 0.6) is 5.75 Å². The standard InChI is InChI=1S/C22H24N6O2/c1-30-20-5-3-2-4-16(20)18-14-19(25-24-18)22(29)28-12-10-27(11-13-28)21-9-8-17(23-26-21)15-6-7-15/h2-5,8-9,14-15H,6-7,10-13H2,1H3,(H,24,25). The van der Waals surface area contributed by atoms with Crippen molar-refractivity contribution < 1.29 is 9.53 Å². The summed E-state index contributed by atoms with van der Waals surface area (Å²) >= 11 is 0. The van der Waals surface area contributed by atoms with E-state index in [1.54, 1.807) is 13.2 Å². The number of aromatic nitrogens is 4. The van der Waals surface area contributed by atoms with Gasteiger partial charge in [0.2, 0.25) is 0 Å². The maximum atomic E-state index is 12.9. The number of piperazine rings is 1. The van der Waals surface area contributed by atoms with E-state index in [9.17, 15) is 4.79 Å². The van der Waals surface area contributed by atoms with E-state index in [1.807, 2.05) is 35.2 Å². The monoisotopic (exact) mass is 404 g/mol. The minimum Gasteiger partial charge on any atom is -0.496 e. The first-order chi connectivity index (χ1) is 14.7. The number of hydrogen-bond donors (Lipinski definition) is 1. The minimum atomic E-state index is -0.0431. The number of methoxy groups -OCH3 is 1. The quantitative estimate of drug-likeness (QED) is 0.704. The average molecular weight is 404 g/mol. The second-order valence-electron chi connectivity index (χ2n) is 7.74. The van der Waals surface area contributed by atoms with Gasteiger partial charge in [-0.3, -0.25) is 9.89 Å². The molecule has 0 unspecified atom stereocenters. The number of hydrogen-bond acceptors (Lipinski definition) is 6. The Morgan fingerprint density at radius 1 is 1.07 bits per heavy atom. The number of para-hydroxylation sites is 1. The molecule has 0 radical (unpaired) electrons. The van der Waals surface area contributed by atoms with Gasteiger partial charge in [0.05, 0.1) is 18.5 Å². The van der Waals surface area contributed by atoms with Crippen LogP contribution in [0.4, 0.5) is 5.82 Å². The smallest absolute Gasteiger partial charge is 0.272 e. The molecule has 3 aromatic rings. The fraction of sp³-hybridized carbons (Fsp3) is 0.364. The van der Waals surface area contributed by atoms with E-state index in [1.165, 1.54) is 12.8 Å². The molecule has 0 bridgehead atoms. The molecule has 1 N–H and O–H groups in total. The number of carbonyl (C=O) groups is 1. The van der Waals surface area contributed by atoms with Crippen molar-refractivity contribution >= 4 is 11.7 Å². The molecule has 3 heterocycles. The lowest BCUT2D eigenvalue weighted by Gasteiger charge is -2.34. The highest BCUT2D eigenvalue weighted by atomic mass is 16.5. The van der Waals surface area contributed by atoms with Crippen LogP contribution in [0.1, 0.15) is 34.9 Å². The highest BCUT2D eigenvalue weighted by molar-refractivity contribution is 5.93. The molecule has 30 heavy (non-hydrogen) atoms. The molecule has 0 spiro atoms. The molecular formula is C22H24N6O2. The van der Waals surface area contributed by atoms with Crippen molar-refractivity contribution in [1.82, 2.24) is 25.3 Å². The Kier molecular flexibility index (Phi) is 4.82. The Hall–Kier alpha value is -3.42. The number of nitrogens with one attached hydrogen (secondary N) is 1. The SMILES string of the molecule is COc1ccccc1-c1cc(C(=O)N2CCN(c3ccc(C4CC4)nn3)CC2)[nH]n1. The number of carbonyl (C=O) groups excluding carboxylic acids is 1. The maximum Gasteiger partial charge on any atom is 0.272 e. The van der Waals surface area contributed by atoms with Crippen LogP contribution in [0.3, 0.4) is 0 Å².